The number of amides is 3. The summed E-state index contributed by atoms with van der Waals surface area (Å²) < 4.78 is 7.31. The van der Waals surface area contributed by atoms with Crippen LogP contribution in [0.5, 0.6) is 0 Å². The van der Waals surface area contributed by atoms with Gasteiger partial charge >= 0.3 is 0 Å². The number of thiophene rings is 1. The van der Waals surface area contributed by atoms with Crippen molar-refractivity contribution in [2.24, 2.45) is 0 Å². The average Bonchev–Trinajstić information content (AvgIpc) is 1.61. The van der Waals surface area contributed by atoms with Crippen LogP contribution >= 0.6 is 120 Å². The van der Waals surface area contributed by atoms with Crippen LogP contribution in [0.15, 0.2) is 150 Å². The molecule has 15 rings (SSSR count). The summed E-state index contributed by atoms with van der Waals surface area (Å²) in [4.78, 5) is 41.1. The van der Waals surface area contributed by atoms with Gasteiger partial charge < -0.3 is 5.32 Å². The van der Waals surface area contributed by atoms with Crippen LogP contribution in [-0.4, -0.2) is 83.3 Å². The van der Waals surface area contributed by atoms with E-state index in [9.17, 15) is 14.4 Å². The first kappa shape index (κ1) is 72.1. The molecule has 6 heterocycles. The van der Waals surface area contributed by atoms with Crippen LogP contribution in [-0.2, 0) is 33.6 Å². The third-order valence-electron chi connectivity index (χ3n) is 19.1. The van der Waals surface area contributed by atoms with Crippen molar-refractivity contribution in [3.63, 3.8) is 0 Å². The zero-order chi connectivity index (χ0) is 69.7. The number of hydrogen-bond donors (Lipinski definition) is 3. The lowest BCUT2D eigenvalue weighted by molar-refractivity contribution is -0.129. The molecule has 0 bridgehead atoms. The van der Waals surface area contributed by atoms with Gasteiger partial charge in [-0.15, -0.1) is 11.3 Å². The number of fused-ring (bicyclic) bond motifs is 3. The molecule has 3 amide bonds. The third-order valence-corrected chi connectivity index (χ3v) is 22.7. The van der Waals surface area contributed by atoms with Crippen molar-refractivity contribution in [2.75, 3.05) is 26.2 Å². The molecule has 100 heavy (non-hydrogen) atoms. The Morgan fingerprint density at radius 2 is 0.840 bits per heavy atom. The number of nitrogens with zero attached hydrogens (tertiary/aromatic N) is 8. The third kappa shape index (κ3) is 16.2. The molecule has 4 atom stereocenters. The maximum absolute atomic E-state index is 13.5. The molecule has 2 unspecified atom stereocenters. The van der Waals surface area contributed by atoms with Gasteiger partial charge in [-0.1, -0.05) is 176 Å². The second-order valence-electron chi connectivity index (χ2n) is 25.8. The van der Waals surface area contributed by atoms with Crippen molar-refractivity contribution < 1.29 is 14.4 Å². The highest BCUT2D eigenvalue weighted by Gasteiger charge is 2.38. The van der Waals surface area contributed by atoms with Crippen molar-refractivity contribution in [3.05, 3.63) is 229 Å². The molecule has 2 aliphatic heterocycles. The maximum Gasteiger partial charge on any atom is 0.243 e. The first-order chi connectivity index (χ1) is 48.4. The summed E-state index contributed by atoms with van der Waals surface area (Å²) in [6, 6.07) is 45.8. The molecule has 3 N–H and O–H groups in total. The number of nitrogens with one attached hydrogen (secondary N) is 3. The fraction of sp³-hybridized carbons (Fsp3) is 0.316. The molecule has 5 aliphatic rings. The zero-order valence-corrected chi connectivity index (χ0v) is 63.2. The molecule has 14 nitrogen and oxygen atoms in total. The van der Waals surface area contributed by atoms with Gasteiger partial charge in [0.05, 0.1) is 99.3 Å². The predicted octanol–water partition coefficient (Wildman–Crippen LogP) is 20.8. The number of hydrazine groups is 2. The summed E-state index contributed by atoms with van der Waals surface area (Å²) in [5.74, 6) is -0.873. The van der Waals surface area contributed by atoms with Gasteiger partial charge in [-0.05, 0) is 187 Å². The molecular weight excluding hydrogens is 1510 g/mol. The number of aromatic nitrogens is 6. The highest BCUT2D eigenvalue weighted by molar-refractivity contribution is 9.10. The Morgan fingerprint density at radius 1 is 0.450 bits per heavy atom. The molecule has 24 heteroatoms. The van der Waals surface area contributed by atoms with Crippen LogP contribution in [0.3, 0.4) is 0 Å². The van der Waals surface area contributed by atoms with E-state index in [1.54, 1.807) is 30.3 Å². The number of carbonyl (C=O) groups excluding carboxylic acids is 3. The lowest BCUT2D eigenvalue weighted by Crippen LogP contribution is -2.47. The van der Waals surface area contributed by atoms with E-state index in [1.807, 2.05) is 129 Å². The molecule has 10 aromatic rings. The summed E-state index contributed by atoms with van der Waals surface area (Å²) >= 11 is 55.7. The van der Waals surface area contributed by atoms with Gasteiger partial charge in [-0.25, -0.2) is 24.1 Å². The molecule has 0 saturated carbocycles. The van der Waals surface area contributed by atoms with Gasteiger partial charge in [-0.2, -0.15) is 15.3 Å². The van der Waals surface area contributed by atoms with Gasteiger partial charge in [0, 0.05) is 78.6 Å². The number of rotatable bonds is 13. The lowest BCUT2D eigenvalue weighted by atomic mass is 9.85. The molecule has 0 spiro atoms. The Hall–Kier alpha value is -6.22. The number of piperidine rings is 2. The summed E-state index contributed by atoms with van der Waals surface area (Å²) in [6.07, 6.45) is 14.5. The molecule has 4 aromatic heterocycles. The first-order valence-electron chi connectivity index (χ1n) is 33.9. The topological polar surface area (TPSA) is 147 Å². The van der Waals surface area contributed by atoms with Crippen molar-refractivity contribution >= 4 is 138 Å². The highest BCUT2D eigenvalue weighted by Crippen LogP contribution is 2.46. The Morgan fingerprint density at radius 3 is 1.25 bits per heavy atom. The average molecular weight is 1580 g/mol. The summed E-state index contributed by atoms with van der Waals surface area (Å²) in [7, 11) is 0. The van der Waals surface area contributed by atoms with E-state index in [-0.39, 0.29) is 41.5 Å². The van der Waals surface area contributed by atoms with Crippen molar-refractivity contribution in [1.82, 2.24) is 55.5 Å². The van der Waals surface area contributed by atoms with Crippen LogP contribution in [0.4, 0.5) is 0 Å². The Balaban J connectivity index is 0.000000135. The Labute approximate surface area is 634 Å². The second kappa shape index (κ2) is 32.6. The quantitative estimate of drug-likeness (QED) is 0.103. The van der Waals surface area contributed by atoms with Gasteiger partial charge in [0.2, 0.25) is 17.7 Å². The molecular formula is C76H72BrCl8N11O3S. The van der Waals surface area contributed by atoms with E-state index < -0.39 is 0 Å². The van der Waals surface area contributed by atoms with Crippen molar-refractivity contribution in [3.8, 4) is 50.1 Å². The van der Waals surface area contributed by atoms with E-state index in [1.165, 1.54) is 24.2 Å². The van der Waals surface area contributed by atoms with Crippen LogP contribution in [0, 0.1) is 0 Å². The van der Waals surface area contributed by atoms with Crippen LogP contribution in [0.25, 0.3) is 50.1 Å². The van der Waals surface area contributed by atoms with E-state index in [2.05, 4.69) is 49.2 Å². The maximum atomic E-state index is 13.5. The minimum absolute atomic E-state index is 0.0168. The number of hydrogen-bond acceptors (Lipinski definition) is 9. The van der Waals surface area contributed by atoms with E-state index in [0.717, 1.165) is 198 Å². The molecule has 3 aliphatic carbocycles. The van der Waals surface area contributed by atoms with Gasteiger partial charge in [-0.3, -0.25) is 25.2 Å². The normalized spacial score (nSPS) is 17.8. The second-order valence-corrected chi connectivity index (χ2v) is 31.4. The van der Waals surface area contributed by atoms with Gasteiger partial charge in [0.15, 0.2) is 0 Å². The smallest absolute Gasteiger partial charge is 0.243 e. The molecule has 6 aromatic carbocycles. The fourth-order valence-electron chi connectivity index (χ4n) is 14.2. The van der Waals surface area contributed by atoms with E-state index in [4.69, 9.17) is 108 Å². The van der Waals surface area contributed by atoms with Crippen LogP contribution in [0.2, 0.25) is 39.5 Å². The standard InChI is InChI=1S/C28H24Cl3N3O.C25H25BrCl2N4O.C23H23Cl3N4OS/c1-17(18-6-3-2-4-7-18)32-28(35)23-9-5-8-22-26(23)33-34(25-15-14-21(30)16-24(25)31)27(22)19-10-12-20(29)13-11-19;26-17-9-7-16(8-10-17)24-19-5-4-6-20(25(33)30-31-13-2-1-3-14-31)23(19)29-32(24)22-12-11-18(27)15-21(22)28;24-14-7-8-18(17(25)13-14)30-22(19-9-10-20(26)32-19)15-5-4-6-16(21(15)27-30)23(31)28-29-11-2-1-3-12-29/h2-4,6-7,10-17,23H,5,8-9H2,1H3,(H,32,35);7-12,15,20H,1-6,13-14H2,(H,30,33);7-10,13,16H,1-6,11-12H2,(H,28,31)/t17-,23-;;/m1../s1. The Bertz CT molecular complexity index is 4610. The molecule has 2 fully saturated rings. The number of halogens is 9. The minimum atomic E-state index is -0.344. The summed E-state index contributed by atoms with van der Waals surface area (Å²) in [6.45, 7) is 5.62. The zero-order valence-electron chi connectivity index (χ0n) is 54.7. The number of benzene rings is 6. The highest BCUT2D eigenvalue weighted by atomic mass is 79.9. The van der Waals surface area contributed by atoms with Crippen molar-refractivity contribution in [1.29, 1.82) is 0 Å². The predicted molar refractivity (Wildman–Crippen MR) is 410 cm³/mol. The molecule has 0 radical (unpaired) electrons. The largest absolute Gasteiger partial charge is 0.349 e. The molecule has 518 valence electrons. The van der Waals surface area contributed by atoms with Gasteiger partial charge in [0.1, 0.15) is 0 Å². The SMILES string of the molecule is C[C@@H](NC(=O)[C@@H]1CCCc2c1nn(-c1ccc(Cl)cc1Cl)c2-c1ccc(Cl)cc1)c1ccccc1.O=C(NN1CCCCC1)C1CCCc2c1nn(-c1ccc(Cl)cc1Cl)c2-c1ccc(Br)cc1.O=C(NN1CCCCC1)C1CCCc2c1nn(-c1ccc(Cl)cc1Cl)c2-c1ccc(Cl)s1. The number of carbonyl (C=O) groups is 3. The van der Waals surface area contributed by atoms with Crippen LogP contribution in [0.1, 0.15) is 147 Å². The van der Waals surface area contributed by atoms with E-state index in [0.29, 0.717) is 45.2 Å². The lowest BCUT2D eigenvalue weighted by Gasteiger charge is -2.29. The van der Waals surface area contributed by atoms with Crippen molar-refractivity contribution in [2.45, 2.75) is 127 Å². The van der Waals surface area contributed by atoms with E-state index >= 15 is 0 Å². The fourth-order valence-corrected chi connectivity index (χ4v) is 17.2. The Kier molecular flexibility index (Phi) is 23.5. The monoisotopic (exact) mass is 1580 g/mol. The molecule has 2 saturated heterocycles. The summed E-state index contributed by atoms with van der Waals surface area (Å²) in [5.41, 5.74) is 20.2. The van der Waals surface area contributed by atoms with Crippen LogP contribution < -0.4 is 16.2 Å². The summed E-state index contributed by atoms with van der Waals surface area (Å²) in [5, 5.41) is 26.1. The van der Waals surface area contributed by atoms with Gasteiger partial charge in [0.25, 0.3) is 0 Å². The first-order valence-corrected chi connectivity index (χ1v) is 38.5. The minimum Gasteiger partial charge on any atom is -0.349 e.